The summed E-state index contributed by atoms with van der Waals surface area (Å²) in [6.45, 7) is 1.40. The maximum atomic E-state index is 14.7. The Morgan fingerprint density at radius 2 is 2.12 bits per heavy atom. The van der Waals surface area contributed by atoms with Gasteiger partial charge in [-0.2, -0.15) is 0 Å². The van der Waals surface area contributed by atoms with Gasteiger partial charge in [-0.05, 0) is 18.2 Å². The van der Waals surface area contributed by atoms with E-state index < -0.39 is 5.54 Å². The second kappa shape index (κ2) is 7.25. The molecule has 0 saturated carbocycles. The van der Waals surface area contributed by atoms with Gasteiger partial charge in [-0.15, -0.1) is 11.8 Å². The van der Waals surface area contributed by atoms with E-state index in [1.807, 2.05) is 36.4 Å². The maximum Gasteiger partial charge on any atom is 0.169 e. The number of halogens is 2. The molecule has 134 valence electrons. The van der Waals surface area contributed by atoms with Gasteiger partial charge in [0.05, 0.1) is 11.5 Å². The molecule has 2 aliphatic heterocycles. The zero-order valence-corrected chi connectivity index (χ0v) is 16.4. The first-order valence-corrected chi connectivity index (χ1v) is 10.3. The lowest BCUT2D eigenvalue weighted by Crippen LogP contribution is -2.39. The van der Waals surface area contributed by atoms with E-state index >= 15 is 0 Å². The zero-order valence-electron chi connectivity index (χ0n) is 14.0. The number of hydrogen-bond donors (Lipinski definition) is 1. The van der Waals surface area contributed by atoms with Gasteiger partial charge in [-0.25, -0.2) is 4.39 Å². The quantitative estimate of drug-likeness (QED) is 0.726. The van der Waals surface area contributed by atoms with Crippen LogP contribution in [0.1, 0.15) is 22.3 Å². The highest BCUT2D eigenvalue weighted by Crippen LogP contribution is 2.45. The first kappa shape index (κ1) is 17.9. The number of thioether (sulfide) groups is 1. The van der Waals surface area contributed by atoms with Crippen molar-refractivity contribution in [3.05, 3.63) is 69.9 Å². The fraction of sp³-hybridized carbons (Fsp3) is 0.300. The summed E-state index contributed by atoms with van der Waals surface area (Å²) in [7, 11) is 0. The van der Waals surface area contributed by atoms with Crippen LogP contribution in [0.4, 0.5) is 4.39 Å². The first-order chi connectivity index (χ1) is 12.6. The molecule has 3 nitrogen and oxygen atoms in total. The van der Waals surface area contributed by atoms with Crippen molar-refractivity contribution in [2.45, 2.75) is 12.0 Å². The van der Waals surface area contributed by atoms with Crippen molar-refractivity contribution in [2.75, 3.05) is 18.8 Å². The number of carbonyl (C=O) groups excluding carboxylic acids is 1. The molecule has 26 heavy (non-hydrogen) atoms. The molecule has 1 fully saturated rings. The Balaban J connectivity index is 1.69. The summed E-state index contributed by atoms with van der Waals surface area (Å²) < 4.78 is 15.5. The van der Waals surface area contributed by atoms with Crippen LogP contribution in [0.15, 0.2) is 58.0 Å². The van der Waals surface area contributed by atoms with Crippen molar-refractivity contribution in [1.82, 2.24) is 5.32 Å². The average Bonchev–Trinajstić information content (AvgIpc) is 3.08. The number of Topliss-reactive ketones (excluding diaryl/α,β-unsaturated/α-hetero) is 1. The minimum atomic E-state index is -0.634. The summed E-state index contributed by atoms with van der Waals surface area (Å²) in [5.74, 6) is 0.851. The van der Waals surface area contributed by atoms with Crippen molar-refractivity contribution in [3.63, 3.8) is 0 Å². The summed E-state index contributed by atoms with van der Waals surface area (Å²) in [6, 6.07) is 14.3. The van der Waals surface area contributed by atoms with Crippen LogP contribution in [0.5, 0.6) is 0 Å². The molecule has 1 N–H and O–H groups in total. The summed E-state index contributed by atoms with van der Waals surface area (Å²) in [4.78, 5) is 17.5. The molecule has 6 heteroatoms. The van der Waals surface area contributed by atoms with Crippen LogP contribution >= 0.6 is 27.7 Å². The Kier molecular flexibility index (Phi) is 4.99. The smallest absolute Gasteiger partial charge is 0.169 e. The summed E-state index contributed by atoms with van der Waals surface area (Å²) in [6.07, 6.45) is 0.263. The minimum absolute atomic E-state index is 0.0473. The van der Waals surface area contributed by atoms with Crippen LogP contribution in [0.25, 0.3) is 0 Å². The molecule has 2 aromatic carbocycles. The molecule has 0 aromatic heterocycles. The Morgan fingerprint density at radius 3 is 2.92 bits per heavy atom. The van der Waals surface area contributed by atoms with Crippen LogP contribution < -0.4 is 5.32 Å². The number of nitrogens with one attached hydrogen (secondary N) is 1. The average molecular weight is 433 g/mol. The van der Waals surface area contributed by atoms with E-state index in [4.69, 9.17) is 4.99 Å². The fourth-order valence-electron chi connectivity index (χ4n) is 3.69. The highest BCUT2D eigenvalue weighted by molar-refractivity contribution is 9.10. The van der Waals surface area contributed by atoms with Gasteiger partial charge in [0.2, 0.25) is 0 Å². The van der Waals surface area contributed by atoms with Gasteiger partial charge in [0.25, 0.3) is 0 Å². The van der Waals surface area contributed by atoms with Crippen LogP contribution in [0, 0.1) is 11.7 Å². The van der Waals surface area contributed by atoms with E-state index in [-0.39, 0.29) is 23.9 Å². The second-order valence-corrected chi connectivity index (χ2v) is 8.67. The van der Waals surface area contributed by atoms with Gasteiger partial charge >= 0.3 is 0 Å². The van der Waals surface area contributed by atoms with E-state index in [1.165, 1.54) is 6.07 Å². The van der Waals surface area contributed by atoms with Gasteiger partial charge < -0.3 is 5.32 Å². The highest BCUT2D eigenvalue weighted by Gasteiger charge is 2.48. The molecule has 0 unspecified atom stereocenters. The zero-order chi connectivity index (χ0) is 18.1. The third-order valence-corrected chi connectivity index (χ3v) is 6.67. The van der Waals surface area contributed by atoms with Crippen LogP contribution in [0.3, 0.4) is 0 Å². The third kappa shape index (κ3) is 3.26. The lowest BCUT2D eigenvalue weighted by molar-refractivity contribution is 0.100. The molecule has 4 rings (SSSR count). The molecule has 0 aliphatic carbocycles. The van der Waals surface area contributed by atoms with Crippen LogP contribution in [-0.4, -0.2) is 29.7 Å². The van der Waals surface area contributed by atoms with Crippen LogP contribution in [0.2, 0.25) is 0 Å². The number of fused-ring (bicyclic) bond motifs is 1. The SMILES string of the molecule is O=C(CC1=N[C@@]2(c3cc(Br)ccc3F)CNC[C@H]2CS1)c1ccccc1. The number of rotatable bonds is 4. The lowest BCUT2D eigenvalue weighted by atomic mass is 9.81. The summed E-state index contributed by atoms with van der Waals surface area (Å²) in [5, 5.41) is 4.16. The molecule has 2 heterocycles. The molecule has 0 spiro atoms. The molecule has 0 radical (unpaired) electrons. The monoisotopic (exact) mass is 432 g/mol. The lowest BCUT2D eigenvalue weighted by Gasteiger charge is -2.36. The molecule has 1 saturated heterocycles. The second-order valence-electron chi connectivity index (χ2n) is 6.66. The molecular weight excluding hydrogens is 415 g/mol. The summed E-state index contributed by atoms with van der Waals surface area (Å²) in [5.41, 5.74) is 0.655. The fourth-order valence-corrected chi connectivity index (χ4v) is 5.30. The highest BCUT2D eigenvalue weighted by atomic mass is 79.9. The Bertz CT molecular complexity index is 873. The molecular formula is C20H18BrFN2OS. The van der Waals surface area contributed by atoms with Crippen molar-refractivity contribution < 1.29 is 9.18 Å². The number of aliphatic imine (C=N–C) groups is 1. The number of carbonyl (C=O) groups is 1. The van der Waals surface area contributed by atoms with Gasteiger partial charge in [0.1, 0.15) is 11.4 Å². The Hall–Kier alpha value is -1.50. The largest absolute Gasteiger partial charge is 0.314 e. The maximum absolute atomic E-state index is 14.7. The Labute approximate surface area is 164 Å². The number of benzene rings is 2. The number of ketones is 1. The van der Waals surface area contributed by atoms with Crippen LogP contribution in [-0.2, 0) is 5.54 Å². The number of nitrogens with zero attached hydrogens (tertiary/aromatic N) is 1. The molecule has 2 aromatic rings. The van der Waals surface area contributed by atoms with E-state index in [0.29, 0.717) is 17.7 Å². The van der Waals surface area contributed by atoms with E-state index in [2.05, 4.69) is 21.2 Å². The van der Waals surface area contributed by atoms with E-state index in [9.17, 15) is 9.18 Å². The third-order valence-electron chi connectivity index (χ3n) is 5.04. The topological polar surface area (TPSA) is 41.5 Å². The molecule has 0 amide bonds. The van der Waals surface area contributed by atoms with E-state index in [1.54, 1.807) is 17.8 Å². The summed E-state index contributed by atoms with van der Waals surface area (Å²) >= 11 is 5.07. The number of hydrogen-bond acceptors (Lipinski definition) is 4. The standard InChI is InChI=1S/C20H18BrFN2OS/c21-15-6-7-17(22)16(8-15)20-12-23-10-14(20)11-26-19(24-20)9-18(25)13-4-2-1-3-5-13/h1-8,14,23H,9-12H2/t14-,20-/m0/s1. The van der Waals surface area contributed by atoms with Crippen molar-refractivity contribution in [3.8, 4) is 0 Å². The molecule has 0 bridgehead atoms. The van der Waals surface area contributed by atoms with Gasteiger partial charge in [-0.3, -0.25) is 9.79 Å². The van der Waals surface area contributed by atoms with Gasteiger partial charge in [0, 0.05) is 40.4 Å². The minimum Gasteiger partial charge on any atom is -0.314 e. The normalized spacial score (nSPS) is 24.8. The predicted molar refractivity (Wildman–Crippen MR) is 107 cm³/mol. The van der Waals surface area contributed by atoms with Crippen molar-refractivity contribution >= 4 is 38.5 Å². The van der Waals surface area contributed by atoms with Gasteiger partial charge in [0.15, 0.2) is 5.78 Å². The van der Waals surface area contributed by atoms with Crippen molar-refractivity contribution in [1.29, 1.82) is 0 Å². The molecule has 2 aliphatic rings. The Morgan fingerprint density at radius 1 is 1.31 bits per heavy atom. The predicted octanol–water partition coefficient (Wildman–Crippen LogP) is 4.42. The first-order valence-electron chi connectivity index (χ1n) is 8.54. The molecule has 2 atom stereocenters. The van der Waals surface area contributed by atoms with Gasteiger partial charge in [-0.1, -0.05) is 46.3 Å². The van der Waals surface area contributed by atoms with Crippen molar-refractivity contribution in [2.24, 2.45) is 10.9 Å². The van der Waals surface area contributed by atoms with E-state index in [0.717, 1.165) is 21.8 Å².